The Balaban J connectivity index is 3.02. The highest BCUT2D eigenvalue weighted by Crippen LogP contribution is 2.27. The molecule has 0 saturated carbocycles. The van der Waals surface area contributed by atoms with E-state index in [9.17, 15) is 14.3 Å². The Bertz CT molecular complexity index is 407. The molecule has 17 heavy (non-hydrogen) atoms. The molecule has 0 saturated heterocycles. The van der Waals surface area contributed by atoms with E-state index < -0.39 is 23.9 Å². The summed E-state index contributed by atoms with van der Waals surface area (Å²) >= 11 is 0. The van der Waals surface area contributed by atoms with Gasteiger partial charge in [-0.2, -0.15) is 0 Å². The second kappa shape index (κ2) is 5.63. The molecule has 0 aliphatic heterocycles. The lowest BCUT2D eigenvalue weighted by Crippen LogP contribution is -2.33. The number of nitrogens with two attached hydrogens (primary N) is 1. The lowest BCUT2D eigenvalue weighted by molar-refractivity contribution is -0.124. The van der Waals surface area contributed by atoms with E-state index in [1.165, 1.54) is 19.1 Å². The van der Waals surface area contributed by atoms with Gasteiger partial charge < -0.3 is 15.6 Å². The highest BCUT2D eigenvalue weighted by molar-refractivity contribution is 5.79. The van der Waals surface area contributed by atoms with E-state index in [1.54, 1.807) is 6.92 Å². The van der Waals surface area contributed by atoms with Crippen molar-refractivity contribution in [3.05, 3.63) is 29.6 Å². The van der Waals surface area contributed by atoms with Crippen LogP contribution >= 0.6 is 0 Å². The third-order valence-electron chi connectivity index (χ3n) is 2.38. The minimum atomic E-state index is -0.825. The lowest BCUT2D eigenvalue weighted by Gasteiger charge is -2.18. The van der Waals surface area contributed by atoms with Gasteiger partial charge in [-0.05, 0) is 25.5 Å². The second-order valence-corrected chi connectivity index (χ2v) is 3.78. The molecule has 1 aromatic rings. The summed E-state index contributed by atoms with van der Waals surface area (Å²) < 4.78 is 18.4. The number of rotatable bonds is 5. The van der Waals surface area contributed by atoms with Crippen LogP contribution in [0.5, 0.6) is 5.75 Å². The number of carbonyl (C=O) groups excluding carboxylic acids is 1. The van der Waals surface area contributed by atoms with Crippen molar-refractivity contribution < 1.29 is 19.0 Å². The average Bonchev–Trinajstić information content (AvgIpc) is 2.25. The van der Waals surface area contributed by atoms with Crippen LogP contribution in [0.1, 0.15) is 31.9 Å². The van der Waals surface area contributed by atoms with Crippen LogP contribution < -0.4 is 10.5 Å². The Kier molecular flexibility index (Phi) is 4.45. The molecule has 0 aromatic heterocycles. The minimum Gasteiger partial charge on any atom is -0.480 e. The van der Waals surface area contributed by atoms with Crippen LogP contribution in [-0.4, -0.2) is 17.1 Å². The van der Waals surface area contributed by atoms with Gasteiger partial charge in [0, 0.05) is 11.6 Å². The van der Waals surface area contributed by atoms with Crippen molar-refractivity contribution in [1.29, 1.82) is 0 Å². The monoisotopic (exact) mass is 241 g/mol. The van der Waals surface area contributed by atoms with Crippen molar-refractivity contribution in [2.45, 2.75) is 32.5 Å². The summed E-state index contributed by atoms with van der Waals surface area (Å²) in [6.45, 7) is 3.27. The first-order valence-corrected chi connectivity index (χ1v) is 5.39. The second-order valence-electron chi connectivity index (χ2n) is 3.78. The van der Waals surface area contributed by atoms with E-state index in [-0.39, 0.29) is 5.75 Å². The molecule has 0 fully saturated rings. The van der Waals surface area contributed by atoms with Crippen molar-refractivity contribution in [1.82, 2.24) is 0 Å². The standard InChI is InChI=1S/C12H16FNO3/c1-3-10(12(14)16)17-11-6-8(13)4-5-9(11)7(2)15/h4-7,10,15H,3H2,1-2H3,(H2,14,16)/t7-,10?/m0/s1. The van der Waals surface area contributed by atoms with Crippen LogP contribution in [-0.2, 0) is 4.79 Å². The maximum atomic E-state index is 13.1. The van der Waals surface area contributed by atoms with E-state index in [4.69, 9.17) is 10.5 Å². The number of hydrogen-bond donors (Lipinski definition) is 2. The molecule has 1 unspecified atom stereocenters. The molecule has 0 aliphatic carbocycles. The van der Waals surface area contributed by atoms with Gasteiger partial charge in [-0.15, -0.1) is 0 Å². The molecule has 4 nitrogen and oxygen atoms in total. The van der Waals surface area contributed by atoms with Gasteiger partial charge >= 0.3 is 0 Å². The molecule has 0 aliphatic rings. The Morgan fingerprint density at radius 3 is 2.71 bits per heavy atom. The smallest absolute Gasteiger partial charge is 0.258 e. The van der Waals surface area contributed by atoms with Crippen LogP contribution in [0, 0.1) is 5.82 Å². The third kappa shape index (κ3) is 3.42. The molecule has 0 radical (unpaired) electrons. The van der Waals surface area contributed by atoms with Crippen LogP contribution in [0.3, 0.4) is 0 Å². The fraction of sp³-hybridized carbons (Fsp3) is 0.417. The number of halogens is 1. The molecule has 1 aromatic carbocycles. The summed E-state index contributed by atoms with van der Waals surface area (Å²) in [5.74, 6) is -0.970. The van der Waals surface area contributed by atoms with Crippen molar-refractivity contribution >= 4 is 5.91 Å². The van der Waals surface area contributed by atoms with Gasteiger partial charge in [0.1, 0.15) is 11.6 Å². The highest BCUT2D eigenvalue weighted by Gasteiger charge is 2.18. The predicted molar refractivity (Wildman–Crippen MR) is 60.9 cm³/mol. The zero-order valence-corrected chi connectivity index (χ0v) is 9.81. The van der Waals surface area contributed by atoms with E-state index in [2.05, 4.69) is 0 Å². The van der Waals surface area contributed by atoms with Crippen LogP contribution in [0.15, 0.2) is 18.2 Å². The first kappa shape index (κ1) is 13.4. The first-order valence-electron chi connectivity index (χ1n) is 5.39. The van der Waals surface area contributed by atoms with Crippen molar-refractivity contribution in [2.75, 3.05) is 0 Å². The van der Waals surface area contributed by atoms with Crippen molar-refractivity contribution in [3.63, 3.8) is 0 Å². The van der Waals surface area contributed by atoms with Gasteiger partial charge in [0.25, 0.3) is 5.91 Å². The Morgan fingerprint density at radius 2 is 2.24 bits per heavy atom. The van der Waals surface area contributed by atoms with Crippen LogP contribution in [0.4, 0.5) is 4.39 Å². The van der Waals surface area contributed by atoms with Gasteiger partial charge in [0.2, 0.25) is 0 Å². The number of primary amides is 1. The van der Waals surface area contributed by atoms with Gasteiger partial charge in [-0.25, -0.2) is 4.39 Å². The largest absolute Gasteiger partial charge is 0.480 e. The molecule has 0 bridgehead atoms. The average molecular weight is 241 g/mol. The Hall–Kier alpha value is -1.62. The summed E-state index contributed by atoms with van der Waals surface area (Å²) in [5.41, 5.74) is 5.56. The number of aliphatic hydroxyl groups is 1. The molecule has 1 amide bonds. The number of aliphatic hydroxyl groups excluding tert-OH is 1. The maximum absolute atomic E-state index is 13.1. The fourth-order valence-corrected chi connectivity index (χ4v) is 1.45. The quantitative estimate of drug-likeness (QED) is 0.821. The summed E-state index contributed by atoms with van der Waals surface area (Å²) in [7, 11) is 0. The predicted octanol–water partition coefficient (Wildman–Crippen LogP) is 1.52. The normalized spacial score (nSPS) is 14.1. The number of benzene rings is 1. The lowest BCUT2D eigenvalue weighted by atomic mass is 10.1. The number of amides is 1. The van der Waals surface area contributed by atoms with Crippen LogP contribution in [0.2, 0.25) is 0 Å². The van der Waals surface area contributed by atoms with Gasteiger partial charge in [-0.1, -0.05) is 6.92 Å². The molecular weight excluding hydrogens is 225 g/mol. The van der Waals surface area contributed by atoms with Gasteiger partial charge in [0.15, 0.2) is 6.10 Å². The molecular formula is C12H16FNO3. The Labute approximate surface area is 99.2 Å². The first-order chi connectivity index (χ1) is 7.95. The van der Waals surface area contributed by atoms with Gasteiger partial charge in [-0.3, -0.25) is 4.79 Å². The summed E-state index contributed by atoms with van der Waals surface area (Å²) in [5, 5.41) is 9.50. The molecule has 1 rings (SSSR count). The molecule has 5 heteroatoms. The summed E-state index contributed by atoms with van der Waals surface area (Å²) in [4.78, 5) is 11.0. The zero-order valence-electron chi connectivity index (χ0n) is 9.81. The molecule has 0 spiro atoms. The topological polar surface area (TPSA) is 72.6 Å². The van der Waals surface area contributed by atoms with Crippen LogP contribution in [0.25, 0.3) is 0 Å². The molecule has 0 heterocycles. The van der Waals surface area contributed by atoms with Gasteiger partial charge in [0.05, 0.1) is 6.10 Å². The summed E-state index contributed by atoms with van der Waals surface area (Å²) in [6.07, 6.45) is -1.25. The van der Waals surface area contributed by atoms with Crippen molar-refractivity contribution in [2.24, 2.45) is 5.73 Å². The summed E-state index contributed by atoms with van der Waals surface area (Å²) in [6, 6.07) is 3.77. The number of hydrogen-bond acceptors (Lipinski definition) is 3. The highest BCUT2D eigenvalue weighted by atomic mass is 19.1. The Morgan fingerprint density at radius 1 is 1.59 bits per heavy atom. The molecule has 94 valence electrons. The molecule has 2 atom stereocenters. The number of carbonyl (C=O) groups is 1. The minimum absolute atomic E-state index is 0.144. The van der Waals surface area contributed by atoms with E-state index in [0.29, 0.717) is 12.0 Å². The fourth-order valence-electron chi connectivity index (χ4n) is 1.45. The van der Waals surface area contributed by atoms with E-state index in [1.807, 2.05) is 0 Å². The van der Waals surface area contributed by atoms with E-state index in [0.717, 1.165) is 6.07 Å². The third-order valence-corrected chi connectivity index (χ3v) is 2.38. The zero-order chi connectivity index (χ0) is 13.0. The maximum Gasteiger partial charge on any atom is 0.258 e. The SMILES string of the molecule is CCC(Oc1cc(F)ccc1[C@H](C)O)C(N)=O. The number of ether oxygens (including phenoxy) is 1. The molecule has 3 N–H and O–H groups in total. The van der Waals surface area contributed by atoms with Crippen molar-refractivity contribution in [3.8, 4) is 5.75 Å². The van der Waals surface area contributed by atoms with E-state index >= 15 is 0 Å².